The minimum atomic E-state index is 0.699. The number of aromatic nitrogens is 2. The normalized spacial score (nSPS) is 18.6. The van der Waals surface area contributed by atoms with Crippen LogP contribution in [0.2, 0.25) is 0 Å². The molecule has 0 spiro atoms. The molecule has 0 atom stereocenters. The van der Waals surface area contributed by atoms with Crippen LogP contribution in [0.4, 0.5) is 5.00 Å². The van der Waals surface area contributed by atoms with Gasteiger partial charge in [-0.25, -0.2) is 0 Å². The average molecular weight is 231 g/mol. The largest absolute Gasteiger partial charge is 0.388 e. The maximum absolute atomic E-state index is 5.71. The van der Waals surface area contributed by atoms with Gasteiger partial charge in [0.2, 0.25) is 0 Å². The molecule has 0 unspecified atom stereocenters. The van der Waals surface area contributed by atoms with Gasteiger partial charge in [0.05, 0.1) is 0 Å². The molecule has 2 N–H and O–H groups in total. The Kier molecular flexibility index (Phi) is 3.61. The van der Waals surface area contributed by atoms with E-state index in [4.69, 9.17) is 10.5 Å². The molecule has 0 saturated carbocycles. The van der Waals surface area contributed by atoms with E-state index in [1.807, 2.05) is 11.8 Å². The van der Waals surface area contributed by atoms with Crippen LogP contribution in [-0.2, 0) is 10.5 Å². The van der Waals surface area contributed by atoms with Crippen molar-refractivity contribution in [3.63, 3.8) is 0 Å². The summed E-state index contributed by atoms with van der Waals surface area (Å²) >= 11 is 3.18. The van der Waals surface area contributed by atoms with E-state index in [0.29, 0.717) is 5.25 Å². The van der Waals surface area contributed by atoms with E-state index in [9.17, 15) is 0 Å². The number of anilines is 1. The van der Waals surface area contributed by atoms with Gasteiger partial charge in [0.1, 0.15) is 10.7 Å². The number of hydrogen-bond donors (Lipinski definition) is 1. The summed E-state index contributed by atoms with van der Waals surface area (Å²) < 4.78 is 9.11. The summed E-state index contributed by atoms with van der Waals surface area (Å²) in [4.78, 5) is 0. The smallest absolute Gasteiger partial charge is 0.131 e. The monoisotopic (exact) mass is 231 g/mol. The molecule has 0 amide bonds. The van der Waals surface area contributed by atoms with Crippen LogP contribution in [0.5, 0.6) is 0 Å². The topological polar surface area (TPSA) is 61.0 Å². The van der Waals surface area contributed by atoms with Gasteiger partial charge in [-0.1, -0.05) is 4.49 Å². The molecule has 2 rings (SSSR count). The number of nitrogen functional groups attached to an aromatic ring is 1. The zero-order valence-electron chi connectivity index (χ0n) is 7.81. The van der Waals surface area contributed by atoms with Crippen molar-refractivity contribution in [2.45, 2.75) is 23.8 Å². The van der Waals surface area contributed by atoms with Gasteiger partial charge in [-0.2, -0.15) is 11.8 Å². The second kappa shape index (κ2) is 4.95. The minimum Gasteiger partial charge on any atom is -0.388 e. The third-order valence-electron chi connectivity index (χ3n) is 2.21. The first-order valence-electron chi connectivity index (χ1n) is 4.62. The second-order valence-corrected chi connectivity index (χ2v) is 5.28. The van der Waals surface area contributed by atoms with Crippen molar-refractivity contribution in [2.75, 3.05) is 18.9 Å². The second-order valence-electron chi connectivity index (χ2n) is 3.21. The number of hydrogen-bond acceptors (Lipinski definition) is 6. The Morgan fingerprint density at radius 1 is 1.50 bits per heavy atom. The molecule has 1 aromatic heterocycles. The molecule has 2 heterocycles. The zero-order valence-corrected chi connectivity index (χ0v) is 9.44. The zero-order chi connectivity index (χ0) is 9.80. The van der Waals surface area contributed by atoms with Crippen LogP contribution in [0, 0.1) is 0 Å². The maximum Gasteiger partial charge on any atom is 0.131 e. The maximum atomic E-state index is 5.71. The number of nitrogens with zero attached hydrogens (tertiary/aromatic N) is 2. The predicted molar refractivity (Wildman–Crippen MR) is 59.5 cm³/mol. The molecule has 1 aromatic rings. The van der Waals surface area contributed by atoms with Gasteiger partial charge in [-0.3, -0.25) is 0 Å². The van der Waals surface area contributed by atoms with Crippen LogP contribution in [0.3, 0.4) is 0 Å². The highest BCUT2D eigenvalue weighted by molar-refractivity contribution is 7.99. The van der Waals surface area contributed by atoms with Crippen molar-refractivity contribution in [3.8, 4) is 0 Å². The average Bonchev–Trinajstić information content (AvgIpc) is 2.63. The molecule has 0 aromatic carbocycles. The third-order valence-corrected chi connectivity index (χ3v) is 4.19. The van der Waals surface area contributed by atoms with Gasteiger partial charge in [0.15, 0.2) is 0 Å². The minimum absolute atomic E-state index is 0.699. The van der Waals surface area contributed by atoms with E-state index < -0.39 is 0 Å². The van der Waals surface area contributed by atoms with E-state index in [2.05, 4.69) is 9.59 Å². The van der Waals surface area contributed by atoms with Gasteiger partial charge in [-0.05, 0) is 12.8 Å². The Morgan fingerprint density at radius 3 is 2.93 bits per heavy atom. The number of thioether (sulfide) groups is 1. The summed E-state index contributed by atoms with van der Waals surface area (Å²) in [5.41, 5.74) is 6.65. The van der Waals surface area contributed by atoms with Crippen molar-refractivity contribution in [3.05, 3.63) is 5.69 Å². The van der Waals surface area contributed by atoms with Gasteiger partial charge < -0.3 is 10.5 Å². The highest BCUT2D eigenvalue weighted by atomic mass is 32.2. The Balaban J connectivity index is 1.79. The molecule has 1 fully saturated rings. The molecule has 4 nitrogen and oxygen atoms in total. The van der Waals surface area contributed by atoms with Crippen LogP contribution >= 0.6 is 23.3 Å². The quantitative estimate of drug-likeness (QED) is 0.855. The molecule has 1 aliphatic rings. The van der Waals surface area contributed by atoms with Crippen molar-refractivity contribution in [1.29, 1.82) is 0 Å². The summed E-state index contributed by atoms with van der Waals surface area (Å²) in [6.07, 6.45) is 2.28. The standard InChI is InChI=1S/C8H13N3OS2/c9-8-7(10-11-14-8)5-13-6-1-3-12-4-2-6/h6H,1-5,9H2. The fraction of sp³-hybridized carbons (Fsp3) is 0.750. The highest BCUT2D eigenvalue weighted by Crippen LogP contribution is 2.27. The summed E-state index contributed by atoms with van der Waals surface area (Å²) in [6.45, 7) is 1.78. The molecule has 1 aliphatic heterocycles. The number of rotatable bonds is 3. The van der Waals surface area contributed by atoms with Gasteiger partial charge in [-0.15, -0.1) is 5.10 Å². The van der Waals surface area contributed by atoms with E-state index >= 15 is 0 Å². The SMILES string of the molecule is Nc1snnc1CSC1CCOCC1. The molecule has 6 heteroatoms. The van der Waals surface area contributed by atoms with Crippen LogP contribution in [0.15, 0.2) is 0 Å². The first-order chi connectivity index (χ1) is 6.86. The van der Waals surface area contributed by atoms with Crippen molar-refractivity contribution < 1.29 is 4.74 Å². The molecule has 78 valence electrons. The molecule has 0 bridgehead atoms. The van der Waals surface area contributed by atoms with Crippen molar-refractivity contribution in [2.24, 2.45) is 0 Å². The first-order valence-corrected chi connectivity index (χ1v) is 6.44. The van der Waals surface area contributed by atoms with E-state index in [0.717, 1.165) is 42.5 Å². The molecule has 0 aliphatic carbocycles. The van der Waals surface area contributed by atoms with E-state index in [1.165, 1.54) is 11.5 Å². The number of nitrogens with two attached hydrogens (primary N) is 1. The summed E-state index contributed by atoms with van der Waals surface area (Å²) in [5.74, 6) is 0.882. The lowest BCUT2D eigenvalue weighted by Crippen LogP contribution is -2.17. The fourth-order valence-corrected chi connectivity index (χ4v) is 3.02. The van der Waals surface area contributed by atoms with Crippen LogP contribution in [0.25, 0.3) is 0 Å². The first kappa shape index (κ1) is 10.2. The van der Waals surface area contributed by atoms with E-state index in [-0.39, 0.29) is 0 Å². The van der Waals surface area contributed by atoms with Crippen LogP contribution in [-0.4, -0.2) is 28.1 Å². The van der Waals surface area contributed by atoms with Crippen molar-refractivity contribution >= 4 is 28.3 Å². The molecule has 0 radical (unpaired) electrons. The lowest BCUT2D eigenvalue weighted by Gasteiger charge is -2.20. The summed E-state index contributed by atoms with van der Waals surface area (Å²) in [5, 5.41) is 5.44. The lowest BCUT2D eigenvalue weighted by atomic mass is 10.2. The Morgan fingerprint density at radius 2 is 2.29 bits per heavy atom. The highest BCUT2D eigenvalue weighted by Gasteiger charge is 2.15. The molecular formula is C8H13N3OS2. The molecule has 1 saturated heterocycles. The van der Waals surface area contributed by atoms with Gasteiger partial charge >= 0.3 is 0 Å². The van der Waals surface area contributed by atoms with Crippen LogP contribution in [0.1, 0.15) is 18.5 Å². The Hall–Kier alpha value is -0.330. The Bertz CT molecular complexity index is 286. The fourth-order valence-electron chi connectivity index (χ4n) is 1.36. The van der Waals surface area contributed by atoms with Crippen LogP contribution < -0.4 is 5.73 Å². The summed E-state index contributed by atoms with van der Waals surface area (Å²) in [6, 6.07) is 0. The summed E-state index contributed by atoms with van der Waals surface area (Å²) in [7, 11) is 0. The van der Waals surface area contributed by atoms with Crippen molar-refractivity contribution in [1.82, 2.24) is 9.59 Å². The van der Waals surface area contributed by atoms with Gasteiger partial charge in [0.25, 0.3) is 0 Å². The molecule has 14 heavy (non-hydrogen) atoms. The lowest BCUT2D eigenvalue weighted by molar-refractivity contribution is 0.1000. The van der Waals surface area contributed by atoms with Gasteiger partial charge in [0, 0.05) is 35.7 Å². The number of ether oxygens (including phenoxy) is 1. The predicted octanol–water partition coefficient (Wildman–Crippen LogP) is 1.53. The van der Waals surface area contributed by atoms with E-state index in [1.54, 1.807) is 0 Å². The Labute approximate surface area is 91.4 Å². The molecular weight excluding hydrogens is 218 g/mol. The third kappa shape index (κ3) is 2.59.